The van der Waals surface area contributed by atoms with Crippen LogP contribution in [-0.2, 0) is 4.79 Å². The first kappa shape index (κ1) is 12.5. The smallest absolute Gasteiger partial charge is 0.258 e. The number of hydrogen-bond acceptors (Lipinski definition) is 2. The van der Waals surface area contributed by atoms with Crippen molar-refractivity contribution < 1.29 is 13.9 Å². The van der Waals surface area contributed by atoms with Crippen LogP contribution in [0.1, 0.15) is 0 Å². The van der Waals surface area contributed by atoms with E-state index in [2.05, 4.69) is 11.9 Å². The number of ether oxygens (including phenoxy) is 1. The number of para-hydroxylation sites is 1. The van der Waals surface area contributed by atoms with Crippen molar-refractivity contribution in [1.29, 1.82) is 0 Å². The van der Waals surface area contributed by atoms with Gasteiger partial charge in [0.05, 0.1) is 6.54 Å². The van der Waals surface area contributed by atoms with Gasteiger partial charge in [-0.3, -0.25) is 4.79 Å². The minimum Gasteiger partial charge on any atom is -0.481 e. The summed E-state index contributed by atoms with van der Waals surface area (Å²) in [7, 11) is 0. The number of amides is 1. The lowest BCUT2D eigenvalue weighted by molar-refractivity contribution is -0.122. The Morgan fingerprint density at radius 1 is 1.50 bits per heavy atom. The zero-order valence-electron chi connectivity index (χ0n) is 8.50. The van der Waals surface area contributed by atoms with Crippen LogP contribution < -0.4 is 10.1 Å². The number of carbonyl (C=O) groups excluding carboxylic acids is 1. The van der Waals surface area contributed by atoms with Gasteiger partial charge >= 0.3 is 0 Å². The van der Waals surface area contributed by atoms with E-state index >= 15 is 0 Å². The Morgan fingerprint density at radius 2 is 2.19 bits per heavy atom. The largest absolute Gasteiger partial charge is 0.481 e. The number of halogens is 2. The van der Waals surface area contributed by atoms with Crippen molar-refractivity contribution in [3.8, 4) is 5.75 Å². The molecule has 0 fully saturated rings. The molecular formula is C11H11ClFNO2. The number of nitrogens with one attached hydrogen (secondary N) is 1. The number of rotatable bonds is 5. The second kappa shape index (κ2) is 6.12. The first-order valence-corrected chi connectivity index (χ1v) is 4.94. The average molecular weight is 244 g/mol. The first-order chi connectivity index (χ1) is 7.59. The molecule has 0 heterocycles. The molecule has 0 bridgehead atoms. The summed E-state index contributed by atoms with van der Waals surface area (Å²) in [6.45, 7) is 3.32. The van der Waals surface area contributed by atoms with Crippen LogP contribution in [0.15, 0.2) is 35.9 Å². The highest BCUT2D eigenvalue weighted by molar-refractivity contribution is 6.29. The molecule has 1 aromatic carbocycles. The molecule has 0 spiro atoms. The molecule has 1 aromatic rings. The zero-order valence-corrected chi connectivity index (χ0v) is 9.26. The van der Waals surface area contributed by atoms with Crippen molar-refractivity contribution in [2.24, 2.45) is 0 Å². The van der Waals surface area contributed by atoms with Crippen molar-refractivity contribution >= 4 is 17.5 Å². The molecule has 0 saturated carbocycles. The molecule has 1 amide bonds. The molecule has 0 aliphatic carbocycles. The van der Waals surface area contributed by atoms with E-state index in [9.17, 15) is 9.18 Å². The fourth-order valence-corrected chi connectivity index (χ4v) is 1.02. The molecule has 0 saturated heterocycles. The van der Waals surface area contributed by atoms with E-state index in [1.807, 2.05) is 0 Å². The van der Waals surface area contributed by atoms with Gasteiger partial charge in [-0.1, -0.05) is 30.3 Å². The van der Waals surface area contributed by atoms with Gasteiger partial charge < -0.3 is 10.1 Å². The summed E-state index contributed by atoms with van der Waals surface area (Å²) in [6, 6.07) is 5.87. The van der Waals surface area contributed by atoms with Crippen molar-refractivity contribution in [3.63, 3.8) is 0 Å². The maximum Gasteiger partial charge on any atom is 0.258 e. The van der Waals surface area contributed by atoms with Gasteiger partial charge in [0.2, 0.25) is 0 Å². The first-order valence-electron chi connectivity index (χ1n) is 4.57. The SMILES string of the molecule is C=C(Cl)CNC(=O)COc1ccccc1F. The Morgan fingerprint density at radius 3 is 2.81 bits per heavy atom. The van der Waals surface area contributed by atoms with Gasteiger partial charge in [-0.05, 0) is 12.1 Å². The third kappa shape index (κ3) is 4.31. The Kier molecular flexibility index (Phi) is 4.79. The Balaban J connectivity index is 2.37. The summed E-state index contributed by atoms with van der Waals surface area (Å²) < 4.78 is 18.0. The summed E-state index contributed by atoms with van der Waals surface area (Å²) in [5, 5.41) is 2.77. The summed E-state index contributed by atoms with van der Waals surface area (Å²) in [4.78, 5) is 11.2. The van der Waals surface area contributed by atoms with Crippen LogP contribution in [0.5, 0.6) is 5.75 Å². The lowest BCUT2D eigenvalue weighted by atomic mass is 10.3. The average Bonchev–Trinajstić information content (AvgIpc) is 2.25. The van der Waals surface area contributed by atoms with Gasteiger partial charge in [-0.15, -0.1) is 0 Å². The lowest BCUT2D eigenvalue weighted by Gasteiger charge is -2.07. The second-order valence-corrected chi connectivity index (χ2v) is 3.55. The van der Waals surface area contributed by atoms with Gasteiger partial charge in [0.15, 0.2) is 18.2 Å². The van der Waals surface area contributed by atoms with Crippen LogP contribution in [0.25, 0.3) is 0 Å². The van der Waals surface area contributed by atoms with Crippen molar-refractivity contribution in [2.45, 2.75) is 0 Å². The Labute approximate surface area is 97.9 Å². The predicted molar refractivity (Wildman–Crippen MR) is 59.9 cm³/mol. The van der Waals surface area contributed by atoms with Crippen molar-refractivity contribution in [2.75, 3.05) is 13.2 Å². The second-order valence-electron chi connectivity index (χ2n) is 3.01. The van der Waals surface area contributed by atoms with Gasteiger partial charge in [-0.2, -0.15) is 0 Å². The fourth-order valence-electron chi connectivity index (χ4n) is 0.951. The monoisotopic (exact) mass is 243 g/mol. The highest BCUT2D eigenvalue weighted by atomic mass is 35.5. The summed E-state index contributed by atoms with van der Waals surface area (Å²) in [5.41, 5.74) is 0. The third-order valence-electron chi connectivity index (χ3n) is 1.67. The van der Waals surface area contributed by atoms with E-state index in [4.69, 9.17) is 16.3 Å². The van der Waals surface area contributed by atoms with E-state index in [0.29, 0.717) is 5.03 Å². The Hall–Kier alpha value is -1.55. The molecule has 0 aliphatic heterocycles. The van der Waals surface area contributed by atoms with E-state index < -0.39 is 5.82 Å². The van der Waals surface area contributed by atoms with Gasteiger partial charge in [-0.25, -0.2) is 4.39 Å². The molecule has 16 heavy (non-hydrogen) atoms. The number of hydrogen-bond donors (Lipinski definition) is 1. The predicted octanol–water partition coefficient (Wildman–Crippen LogP) is 2.07. The molecular weight excluding hydrogens is 233 g/mol. The summed E-state index contributed by atoms with van der Waals surface area (Å²) in [5.74, 6) is -0.843. The van der Waals surface area contributed by atoms with Crippen LogP contribution in [0.4, 0.5) is 4.39 Å². The highest BCUT2D eigenvalue weighted by Crippen LogP contribution is 2.14. The van der Waals surface area contributed by atoms with E-state index in [-0.39, 0.29) is 24.8 Å². The maximum absolute atomic E-state index is 13.1. The molecule has 0 aromatic heterocycles. The molecule has 0 radical (unpaired) electrons. The molecule has 5 heteroatoms. The molecule has 86 valence electrons. The van der Waals surface area contributed by atoms with Crippen LogP contribution in [0, 0.1) is 5.82 Å². The maximum atomic E-state index is 13.1. The quantitative estimate of drug-likeness (QED) is 0.860. The summed E-state index contributed by atoms with van der Waals surface area (Å²) in [6.07, 6.45) is 0. The van der Waals surface area contributed by atoms with Crippen molar-refractivity contribution in [1.82, 2.24) is 5.32 Å². The van der Waals surface area contributed by atoms with Gasteiger partial charge in [0, 0.05) is 5.03 Å². The fraction of sp³-hybridized carbons (Fsp3) is 0.182. The topological polar surface area (TPSA) is 38.3 Å². The van der Waals surface area contributed by atoms with E-state index in [1.54, 1.807) is 12.1 Å². The normalized spacial score (nSPS) is 9.62. The molecule has 3 nitrogen and oxygen atoms in total. The third-order valence-corrected chi connectivity index (χ3v) is 1.81. The molecule has 1 rings (SSSR count). The van der Waals surface area contributed by atoms with Gasteiger partial charge in [0.25, 0.3) is 5.91 Å². The van der Waals surface area contributed by atoms with Crippen molar-refractivity contribution in [3.05, 3.63) is 41.7 Å². The van der Waals surface area contributed by atoms with Crippen LogP contribution >= 0.6 is 11.6 Å². The lowest BCUT2D eigenvalue weighted by Crippen LogP contribution is -2.29. The number of benzene rings is 1. The zero-order chi connectivity index (χ0) is 12.0. The standard InChI is InChI=1S/C11H11ClFNO2/c1-8(12)6-14-11(15)7-16-10-5-3-2-4-9(10)13/h2-5H,1,6-7H2,(H,14,15). The van der Waals surface area contributed by atoms with Gasteiger partial charge in [0.1, 0.15) is 0 Å². The summed E-state index contributed by atoms with van der Waals surface area (Å²) >= 11 is 5.45. The Bertz CT molecular complexity index is 395. The number of carbonyl (C=O) groups is 1. The highest BCUT2D eigenvalue weighted by Gasteiger charge is 2.05. The molecule has 0 atom stereocenters. The minimum absolute atomic E-state index is 0.0438. The molecule has 1 N–H and O–H groups in total. The van der Waals surface area contributed by atoms with E-state index in [1.165, 1.54) is 12.1 Å². The molecule has 0 unspecified atom stereocenters. The van der Waals surface area contributed by atoms with Crippen LogP contribution in [-0.4, -0.2) is 19.1 Å². The van der Waals surface area contributed by atoms with Crippen LogP contribution in [0.2, 0.25) is 0 Å². The van der Waals surface area contributed by atoms with E-state index in [0.717, 1.165) is 0 Å². The molecule has 0 aliphatic rings. The van der Waals surface area contributed by atoms with Crippen LogP contribution in [0.3, 0.4) is 0 Å². The minimum atomic E-state index is -0.503.